The number of rotatable bonds is 15. The smallest absolute Gasteiger partial charge is 0.329 e. The Morgan fingerprint density at radius 3 is 2.20 bits per heavy atom. The van der Waals surface area contributed by atoms with Gasteiger partial charge in [0.1, 0.15) is 6.04 Å². The molecule has 2 amide bonds. The van der Waals surface area contributed by atoms with Gasteiger partial charge < -0.3 is 15.4 Å². The van der Waals surface area contributed by atoms with E-state index in [1.54, 1.807) is 36.0 Å². The minimum Gasteiger partial charge on any atom is -0.467 e. The van der Waals surface area contributed by atoms with Crippen LogP contribution in [0.25, 0.3) is 0 Å². The molecule has 0 heterocycles. The van der Waals surface area contributed by atoms with Crippen LogP contribution < -0.4 is 10.6 Å². The number of ether oxygens (including phenoxy) is 1. The SMILES string of the molecule is COC(=O)[C@H](CSCC=C(C)CCC=C(C)CCC=C(C)C)NC(=O)CNC(=O)c1ccccc1. The van der Waals surface area contributed by atoms with E-state index in [4.69, 9.17) is 4.74 Å². The van der Waals surface area contributed by atoms with Gasteiger partial charge in [-0.3, -0.25) is 9.59 Å². The number of hydrogen-bond acceptors (Lipinski definition) is 5. The molecule has 0 saturated heterocycles. The Hall–Kier alpha value is -2.80. The first kappa shape index (κ1) is 30.2. The summed E-state index contributed by atoms with van der Waals surface area (Å²) in [5, 5.41) is 5.21. The van der Waals surface area contributed by atoms with Crippen LogP contribution in [0.3, 0.4) is 0 Å². The van der Waals surface area contributed by atoms with Gasteiger partial charge in [0.25, 0.3) is 5.91 Å². The topological polar surface area (TPSA) is 84.5 Å². The van der Waals surface area contributed by atoms with Crippen LogP contribution in [0.1, 0.15) is 63.7 Å². The molecule has 1 atom stereocenters. The van der Waals surface area contributed by atoms with Crippen molar-refractivity contribution in [2.24, 2.45) is 0 Å². The Kier molecular flexibility index (Phi) is 15.2. The van der Waals surface area contributed by atoms with Crippen LogP contribution >= 0.6 is 11.8 Å². The quantitative estimate of drug-likeness (QED) is 0.196. The fraction of sp³-hybridized carbons (Fsp3) is 0.464. The number of carbonyl (C=O) groups is 3. The van der Waals surface area contributed by atoms with Crippen LogP contribution in [0.5, 0.6) is 0 Å². The molecule has 0 radical (unpaired) electrons. The highest BCUT2D eigenvalue weighted by Crippen LogP contribution is 2.13. The first-order valence-electron chi connectivity index (χ1n) is 12.0. The molecule has 35 heavy (non-hydrogen) atoms. The molecule has 0 spiro atoms. The standard InChI is InChI=1S/C28H40N2O4S/c1-21(2)11-9-12-22(3)13-10-14-23(4)17-18-35-20-25(28(33)34-5)30-26(31)19-29-27(32)24-15-7-6-8-16-24/h6-8,11,13,15-17,25H,9-10,12,14,18-20H2,1-5H3,(H,29,32)(H,30,31)/t25-/m0/s1. The first-order valence-corrected chi connectivity index (χ1v) is 13.1. The molecule has 0 aromatic heterocycles. The summed E-state index contributed by atoms with van der Waals surface area (Å²) >= 11 is 1.55. The van der Waals surface area contributed by atoms with Gasteiger partial charge in [-0.25, -0.2) is 4.79 Å². The molecule has 0 saturated carbocycles. The van der Waals surface area contributed by atoms with Crippen LogP contribution in [0.15, 0.2) is 65.3 Å². The van der Waals surface area contributed by atoms with Gasteiger partial charge in [0.05, 0.1) is 13.7 Å². The Morgan fingerprint density at radius 1 is 0.943 bits per heavy atom. The third-order valence-electron chi connectivity index (χ3n) is 5.22. The van der Waals surface area contributed by atoms with Crippen molar-refractivity contribution >= 4 is 29.5 Å². The molecule has 0 aliphatic heterocycles. The number of carbonyl (C=O) groups excluding carboxylic acids is 3. The van der Waals surface area contributed by atoms with E-state index in [-0.39, 0.29) is 12.5 Å². The van der Waals surface area contributed by atoms with Gasteiger partial charge in [0, 0.05) is 17.1 Å². The summed E-state index contributed by atoms with van der Waals surface area (Å²) < 4.78 is 4.82. The Labute approximate surface area is 214 Å². The molecule has 0 fully saturated rings. The normalized spacial score (nSPS) is 12.5. The maximum absolute atomic E-state index is 12.3. The average molecular weight is 501 g/mol. The van der Waals surface area contributed by atoms with Gasteiger partial charge in [-0.05, 0) is 65.5 Å². The molecule has 6 nitrogen and oxygen atoms in total. The molecule has 1 aromatic rings. The molecule has 2 N–H and O–H groups in total. The van der Waals surface area contributed by atoms with Crippen molar-refractivity contribution in [3.05, 3.63) is 70.8 Å². The zero-order valence-corrected chi connectivity index (χ0v) is 22.5. The number of nitrogens with one attached hydrogen (secondary N) is 2. The van der Waals surface area contributed by atoms with E-state index in [1.807, 2.05) is 6.07 Å². The molecule has 0 aliphatic carbocycles. The fourth-order valence-electron chi connectivity index (χ4n) is 3.13. The summed E-state index contributed by atoms with van der Waals surface area (Å²) in [4.78, 5) is 36.4. The van der Waals surface area contributed by atoms with Crippen LogP contribution in [0, 0.1) is 0 Å². The van der Waals surface area contributed by atoms with Crippen LogP contribution in [-0.4, -0.2) is 49.0 Å². The van der Waals surface area contributed by atoms with Crippen molar-refractivity contribution in [1.29, 1.82) is 0 Å². The zero-order valence-electron chi connectivity index (χ0n) is 21.7. The fourth-order valence-corrected chi connectivity index (χ4v) is 4.13. The number of amides is 2. The largest absolute Gasteiger partial charge is 0.467 e. The minimum atomic E-state index is -0.772. The Bertz CT molecular complexity index is 903. The number of benzene rings is 1. The number of allylic oxidation sites excluding steroid dienone is 5. The monoisotopic (exact) mass is 500 g/mol. The molecule has 0 aliphatic rings. The van der Waals surface area contributed by atoms with E-state index >= 15 is 0 Å². The highest BCUT2D eigenvalue weighted by molar-refractivity contribution is 7.99. The second-order valence-electron chi connectivity index (χ2n) is 8.69. The molecule has 192 valence electrons. The number of thioether (sulfide) groups is 1. The molecular weight excluding hydrogens is 460 g/mol. The lowest BCUT2D eigenvalue weighted by Crippen LogP contribution is -2.47. The highest BCUT2D eigenvalue weighted by Gasteiger charge is 2.21. The van der Waals surface area contributed by atoms with Gasteiger partial charge in [0.2, 0.25) is 5.91 Å². The number of esters is 1. The third kappa shape index (κ3) is 14.3. The van der Waals surface area contributed by atoms with Gasteiger partial charge in [-0.2, -0.15) is 11.8 Å². The maximum atomic E-state index is 12.3. The zero-order chi connectivity index (χ0) is 26.1. The summed E-state index contributed by atoms with van der Waals surface area (Å²) in [6.07, 6.45) is 10.9. The van der Waals surface area contributed by atoms with Crippen molar-refractivity contribution in [2.45, 2.75) is 59.4 Å². The van der Waals surface area contributed by atoms with Gasteiger partial charge in [-0.1, -0.05) is 53.1 Å². The molecule has 0 bridgehead atoms. The predicted octanol–water partition coefficient (Wildman–Crippen LogP) is 5.23. The molecule has 1 rings (SSSR count). The van der Waals surface area contributed by atoms with Crippen molar-refractivity contribution < 1.29 is 19.1 Å². The minimum absolute atomic E-state index is 0.216. The lowest BCUT2D eigenvalue weighted by atomic mass is 10.1. The van der Waals surface area contributed by atoms with Crippen LogP contribution in [0.2, 0.25) is 0 Å². The molecule has 7 heteroatoms. The van der Waals surface area contributed by atoms with E-state index in [1.165, 1.54) is 23.8 Å². The van der Waals surface area contributed by atoms with E-state index in [9.17, 15) is 14.4 Å². The highest BCUT2D eigenvalue weighted by atomic mass is 32.2. The summed E-state index contributed by atoms with van der Waals surface area (Å²) in [7, 11) is 1.29. The molecular formula is C28H40N2O4S. The van der Waals surface area contributed by atoms with Gasteiger partial charge in [-0.15, -0.1) is 0 Å². The van der Waals surface area contributed by atoms with Crippen molar-refractivity contribution in [3.8, 4) is 0 Å². The summed E-state index contributed by atoms with van der Waals surface area (Å²) in [6.45, 7) is 8.33. The van der Waals surface area contributed by atoms with Crippen molar-refractivity contribution in [3.63, 3.8) is 0 Å². The molecule has 0 unspecified atom stereocenters. The summed E-state index contributed by atoms with van der Waals surface area (Å²) in [5.41, 5.74) is 4.55. The van der Waals surface area contributed by atoms with E-state index in [0.717, 1.165) is 31.4 Å². The van der Waals surface area contributed by atoms with Crippen molar-refractivity contribution in [1.82, 2.24) is 10.6 Å². The Morgan fingerprint density at radius 2 is 1.57 bits per heavy atom. The summed E-state index contributed by atoms with van der Waals surface area (Å²) in [5.74, 6) is -0.164. The lowest BCUT2D eigenvalue weighted by Gasteiger charge is -2.16. The third-order valence-corrected chi connectivity index (χ3v) is 6.19. The van der Waals surface area contributed by atoms with Crippen molar-refractivity contribution in [2.75, 3.05) is 25.2 Å². The second kappa shape index (κ2) is 17.6. The second-order valence-corrected chi connectivity index (χ2v) is 9.76. The van der Waals surface area contributed by atoms with Crippen LogP contribution in [0.4, 0.5) is 0 Å². The van der Waals surface area contributed by atoms with Crippen LogP contribution in [-0.2, 0) is 14.3 Å². The first-order chi connectivity index (χ1) is 16.7. The average Bonchev–Trinajstić information content (AvgIpc) is 2.84. The van der Waals surface area contributed by atoms with Gasteiger partial charge in [0.15, 0.2) is 0 Å². The lowest BCUT2D eigenvalue weighted by molar-refractivity contribution is -0.144. The van der Waals surface area contributed by atoms with E-state index < -0.39 is 17.9 Å². The molecule has 1 aromatic carbocycles. The number of hydrogen-bond donors (Lipinski definition) is 2. The van der Waals surface area contributed by atoms with E-state index in [2.05, 4.69) is 56.6 Å². The predicted molar refractivity (Wildman–Crippen MR) is 145 cm³/mol. The maximum Gasteiger partial charge on any atom is 0.329 e. The van der Waals surface area contributed by atoms with E-state index in [0.29, 0.717) is 11.3 Å². The Balaban J connectivity index is 2.39. The number of methoxy groups -OCH3 is 1. The van der Waals surface area contributed by atoms with Gasteiger partial charge >= 0.3 is 5.97 Å². The summed E-state index contributed by atoms with van der Waals surface area (Å²) in [6, 6.07) is 7.87.